The van der Waals surface area contributed by atoms with Gasteiger partial charge in [0.15, 0.2) is 18.1 Å². The van der Waals surface area contributed by atoms with Crippen LogP contribution in [0.5, 0.6) is 11.5 Å². The van der Waals surface area contributed by atoms with Crippen LogP contribution in [-0.4, -0.2) is 43.4 Å². The van der Waals surface area contributed by atoms with Crippen LogP contribution < -0.4 is 15.2 Å². The molecule has 1 aliphatic heterocycles. The summed E-state index contributed by atoms with van der Waals surface area (Å²) in [6.45, 7) is 3.71. The molecule has 0 bridgehead atoms. The van der Waals surface area contributed by atoms with E-state index in [-0.39, 0.29) is 18.2 Å². The first-order chi connectivity index (χ1) is 10.2. The Morgan fingerprint density at radius 2 is 2.05 bits per heavy atom. The monoisotopic (exact) mass is 292 g/mol. The van der Waals surface area contributed by atoms with E-state index in [9.17, 15) is 9.59 Å². The Bertz CT molecular complexity index is 525. The van der Waals surface area contributed by atoms with Crippen LogP contribution in [-0.2, 0) is 4.79 Å². The lowest BCUT2D eigenvalue weighted by Gasteiger charge is -2.18. The van der Waals surface area contributed by atoms with Crippen molar-refractivity contribution in [3.05, 3.63) is 17.7 Å². The standard InChI is InChI=1S/C15H20N2O4/c1-2-20-13-8-11(9-18)7-12(16)15(13)21-10-14(19)17-5-3-4-6-17/h7-9H,2-6,10,16H2,1H3. The molecule has 6 nitrogen and oxygen atoms in total. The predicted molar refractivity (Wildman–Crippen MR) is 78.7 cm³/mol. The highest BCUT2D eigenvalue weighted by molar-refractivity contribution is 5.81. The van der Waals surface area contributed by atoms with Crippen molar-refractivity contribution in [2.75, 3.05) is 32.0 Å². The van der Waals surface area contributed by atoms with E-state index >= 15 is 0 Å². The van der Waals surface area contributed by atoms with Crippen molar-refractivity contribution in [2.24, 2.45) is 0 Å². The number of nitrogens with two attached hydrogens (primary N) is 1. The molecule has 1 saturated heterocycles. The van der Waals surface area contributed by atoms with Gasteiger partial charge in [0.2, 0.25) is 0 Å². The van der Waals surface area contributed by atoms with Gasteiger partial charge in [0.1, 0.15) is 6.29 Å². The largest absolute Gasteiger partial charge is 0.490 e. The molecule has 114 valence electrons. The zero-order valence-electron chi connectivity index (χ0n) is 12.1. The predicted octanol–water partition coefficient (Wildman–Crippen LogP) is 1.48. The molecule has 1 aliphatic rings. The van der Waals surface area contributed by atoms with Gasteiger partial charge in [0.25, 0.3) is 5.91 Å². The van der Waals surface area contributed by atoms with Crippen LogP contribution >= 0.6 is 0 Å². The van der Waals surface area contributed by atoms with Crippen LogP contribution in [0.15, 0.2) is 12.1 Å². The van der Waals surface area contributed by atoms with Crippen LogP contribution in [0.3, 0.4) is 0 Å². The fourth-order valence-corrected chi connectivity index (χ4v) is 2.32. The zero-order chi connectivity index (χ0) is 15.2. The molecule has 0 unspecified atom stereocenters. The summed E-state index contributed by atoms with van der Waals surface area (Å²) in [6.07, 6.45) is 2.76. The molecule has 1 heterocycles. The third kappa shape index (κ3) is 3.65. The van der Waals surface area contributed by atoms with Crippen molar-refractivity contribution in [2.45, 2.75) is 19.8 Å². The molecule has 0 aromatic heterocycles. The van der Waals surface area contributed by atoms with E-state index in [0.29, 0.717) is 30.0 Å². The number of nitrogen functional groups attached to an aromatic ring is 1. The number of carbonyl (C=O) groups is 2. The summed E-state index contributed by atoms with van der Waals surface area (Å²) in [5.74, 6) is 0.637. The van der Waals surface area contributed by atoms with E-state index in [1.807, 2.05) is 6.92 Å². The number of ether oxygens (including phenoxy) is 2. The van der Waals surface area contributed by atoms with Crippen molar-refractivity contribution in [3.8, 4) is 11.5 Å². The lowest BCUT2D eigenvalue weighted by atomic mass is 10.2. The van der Waals surface area contributed by atoms with Gasteiger partial charge in [-0.15, -0.1) is 0 Å². The highest BCUT2D eigenvalue weighted by Gasteiger charge is 2.20. The van der Waals surface area contributed by atoms with Crippen LogP contribution in [0.1, 0.15) is 30.1 Å². The number of rotatable bonds is 6. The fraction of sp³-hybridized carbons (Fsp3) is 0.467. The van der Waals surface area contributed by atoms with Crippen molar-refractivity contribution >= 4 is 17.9 Å². The van der Waals surface area contributed by atoms with E-state index < -0.39 is 0 Å². The minimum atomic E-state index is -0.0787. The molecule has 21 heavy (non-hydrogen) atoms. The molecule has 1 aromatic rings. The molecule has 1 amide bonds. The van der Waals surface area contributed by atoms with Gasteiger partial charge in [0, 0.05) is 18.7 Å². The summed E-state index contributed by atoms with van der Waals surface area (Å²) >= 11 is 0. The third-order valence-electron chi connectivity index (χ3n) is 3.34. The average molecular weight is 292 g/mol. The molecule has 0 spiro atoms. The van der Waals surface area contributed by atoms with Crippen molar-refractivity contribution < 1.29 is 19.1 Å². The molecular formula is C15H20N2O4. The summed E-state index contributed by atoms with van der Waals surface area (Å²) in [7, 11) is 0. The topological polar surface area (TPSA) is 81.9 Å². The lowest BCUT2D eigenvalue weighted by Crippen LogP contribution is -2.32. The smallest absolute Gasteiger partial charge is 0.260 e. The Hall–Kier alpha value is -2.24. The van der Waals surface area contributed by atoms with Gasteiger partial charge in [-0.25, -0.2) is 0 Å². The minimum absolute atomic E-state index is 0.0613. The number of likely N-dealkylation sites (tertiary alicyclic amines) is 1. The van der Waals surface area contributed by atoms with Crippen LogP contribution in [0.25, 0.3) is 0 Å². The van der Waals surface area contributed by atoms with E-state index in [1.54, 1.807) is 11.0 Å². The maximum absolute atomic E-state index is 12.0. The van der Waals surface area contributed by atoms with Crippen molar-refractivity contribution in [1.29, 1.82) is 0 Å². The molecule has 0 aliphatic carbocycles. The highest BCUT2D eigenvalue weighted by Crippen LogP contribution is 2.34. The van der Waals surface area contributed by atoms with Crippen LogP contribution in [0, 0.1) is 0 Å². The molecular weight excluding hydrogens is 272 g/mol. The SMILES string of the molecule is CCOc1cc(C=O)cc(N)c1OCC(=O)N1CCCC1. The molecule has 2 rings (SSSR count). The summed E-state index contributed by atoms with van der Waals surface area (Å²) < 4.78 is 11.0. The number of nitrogens with zero attached hydrogens (tertiary/aromatic N) is 1. The lowest BCUT2D eigenvalue weighted by molar-refractivity contribution is -0.132. The van der Waals surface area contributed by atoms with E-state index in [4.69, 9.17) is 15.2 Å². The number of carbonyl (C=O) groups excluding carboxylic acids is 2. The van der Waals surface area contributed by atoms with Gasteiger partial charge >= 0.3 is 0 Å². The number of aldehydes is 1. The third-order valence-corrected chi connectivity index (χ3v) is 3.34. The number of hydrogen-bond acceptors (Lipinski definition) is 5. The van der Waals surface area contributed by atoms with Gasteiger partial charge in [-0.05, 0) is 31.9 Å². The van der Waals surface area contributed by atoms with E-state index in [0.717, 1.165) is 25.9 Å². The Morgan fingerprint density at radius 3 is 2.67 bits per heavy atom. The highest BCUT2D eigenvalue weighted by atomic mass is 16.5. The first-order valence-electron chi connectivity index (χ1n) is 7.07. The zero-order valence-corrected chi connectivity index (χ0v) is 12.1. The van der Waals surface area contributed by atoms with Gasteiger partial charge in [-0.3, -0.25) is 9.59 Å². The summed E-state index contributed by atoms with van der Waals surface area (Å²) in [5.41, 5.74) is 6.58. The molecule has 0 radical (unpaired) electrons. The fourth-order valence-electron chi connectivity index (χ4n) is 2.32. The second-order valence-electron chi connectivity index (χ2n) is 4.86. The van der Waals surface area contributed by atoms with Gasteiger partial charge in [0.05, 0.1) is 12.3 Å². The maximum atomic E-state index is 12.0. The second-order valence-corrected chi connectivity index (χ2v) is 4.86. The summed E-state index contributed by atoms with van der Waals surface area (Å²) in [6, 6.07) is 3.06. The van der Waals surface area contributed by atoms with Gasteiger partial charge < -0.3 is 20.1 Å². The van der Waals surface area contributed by atoms with Crippen molar-refractivity contribution in [1.82, 2.24) is 4.90 Å². The van der Waals surface area contributed by atoms with Gasteiger partial charge in [-0.2, -0.15) is 0 Å². The van der Waals surface area contributed by atoms with Crippen LogP contribution in [0.4, 0.5) is 5.69 Å². The number of anilines is 1. The Morgan fingerprint density at radius 1 is 1.33 bits per heavy atom. The molecule has 2 N–H and O–H groups in total. The van der Waals surface area contributed by atoms with Gasteiger partial charge in [-0.1, -0.05) is 0 Å². The first kappa shape index (κ1) is 15.2. The van der Waals surface area contributed by atoms with E-state index in [1.165, 1.54) is 6.07 Å². The minimum Gasteiger partial charge on any atom is -0.490 e. The number of amides is 1. The van der Waals surface area contributed by atoms with E-state index in [2.05, 4.69) is 0 Å². The normalized spacial score (nSPS) is 14.0. The summed E-state index contributed by atoms with van der Waals surface area (Å²) in [4.78, 5) is 24.6. The molecule has 0 atom stereocenters. The Kier molecular flexibility index (Phi) is 5.03. The molecule has 6 heteroatoms. The Balaban J connectivity index is 2.10. The summed E-state index contributed by atoms with van der Waals surface area (Å²) in [5, 5.41) is 0. The molecule has 1 aromatic carbocycles. The average Bonchev–Trinajstić information content (AvgIpc) is 3.00. The first-order valence-corrected chi connectivity index (χ1v) is 7.07. The Labute approximate surface area is 123 Å². The van der Waals surface area contributed by atoms with Crippen LogP contribution in [0.2, 0.25) is 0 Å². The maximum Gasteiger partial charge on any atom is 0.260 e. The molecule has 0 saturated carbocycles. The molecule has 1 fully saturated rings. The van der Waals surface area contributed by atoms with Crippen molar-refractivity contribution in [3.63, 3.8) is 0 Å². The second kappa shape index (κ2) is 6.97. The number of benzene rings is 1. The quantitative estimate of drug-likeness (QED) is 0.634. The number of hydrogen-bond donors (Lipinski definition) is 1.